The van der Waals surface area contributed by atoms with Gasteiger partial charge in [0.1, 0.15) is 5.75 Å². The predicted octanol–water partition coefficient (Wildman–Crippen LogP) is 3.71. The quantitative estimate of drug-likeness (QED) is 0.404. The molecule has 0 spiro atoms. The van der Waals surface area contributed by atoms with Crippen LogP contribution in [-0.4, -0.2) is 16.6 Å². The maximum absolute atomic E-state index is 10.8. The van der Waals surface area contributed by atoms with Crippen molar-refractivity contribution in [2.45, 2.75) is 57.8 Å². The van der Waals surface area contributed by atoms with Crippen molar-refractivity contribution in [1.82, 2.24) is 0 Å². The highest BCUT2D eigenvalue weighted by Gasteiger charge is 1.96. The van der Waals surface area contributed by atoms with E-state index in [1.165, 1.54) is 44.9 Å². The molecule has 2 heteroatoms. The summed E-state index contributed by atoms with van der Waals surface area (Å²) in [6.07, 6.45) is 13.3. The number of hydrogen-bond acceptors (Lipinski definition) is 1. The molecule has 0 N–H and O–H groups in total. The molecule has 0 aromatic heterocycles. The third-order valence-corrected chi connectivity index (χ3v) is 3.30. The molecular weight excluding hydrogens is 192 g/mol. The number of unbranched alkanes of at least 4 members (excludes halogenated alkanes) is 8. The zero-order valence-electron chi connectivity index (χ0n) is 9.59. The predicted molar refractivity (Wildman–Crippen MR) is 65.8 cm³/mol. The van der Waals surface area contributed by atoms with E-state index in [2.05, 4.69) is 6.92 Å². The van der Waals surface area contributed by atoms with Crippen molar-refractivity contribution in [1.29, 1.82) is 0 Å². The van der Waals surface area contributed by atoms with Crippen molar-refractivity contribution in [3.05, 3.63) is 6.92 Å². The number of hydrogen-bond donors (Lipinski definition) is 0. The van der Waals surface area contributed by atoms with Gasteiger partial charge in [-0.05, 0) is 12.8 Å². The molecule has 1 nitrogen and oxygen atoms in total. The molecule has 0 aliphatic carbocycles. The summed E-state index contributed by atoms with van der Waals surface area (Å²) >= 11 is -0.584. The van der Waals surface area contributed by atoms with Crippen LogP contribution in [0.5, 0.6) is 0 Å². The van der Waals surface area contributed by atoms with Gasteiger partial charge in [0.2, 0.25) is 0 Å². The average Bonchev–Trinajstić information content (AvgIpc) is 2.15. The van der Waals surface area contributed by atoms with Crippen LogP contribution in [0.15, 0.2) is 0 Å². The standard InChI is InChI=1S/C12H25OS/c1-3-4-5-6-7-8-9-10-11-12-14(2)13/h1,3-12H2,2H3. The first-order valence-corrected chi connectivity index (χ1v) is 7.59. The van der Waals surface area contributed by atoms with Gasteiger partial charge < -0.3 is 4.55 Å². The van der Waals surface area contributed by atoms with Crippen LogP contribution < -0.4 is 0 Å². The minimum absolute atomic E-state index is 0.584. The monoisotopic (exact) mass is 217 g/mol. The summed E-state index contributed by atoms with van der Waals surface area (Å²) in [5, 5.41) is 0. The molecule has 1 atom stereocenters. The third kappa shape index (κ3) is 12.3. The second-order valence-corrected chi connectivity index (χ2v) is 5.51. The van der Waals surface area contributed by atoms with Crippen LogP contribution in [0.25, 0.3) is 0 Å². The van der Waals surface area contributed by atoms with E-state index in [9.17, 15) is 4.55 Å². The van der Waals surface area contributed by atoms with Crippen molar-refractivity contribution in [2.24, 2.45) is 0 Å². The molecule has 1 unspecified atom stereocenters. The molecule has 0 saturated heterocycles. The zero-order chi connectivity index (χ0) is 10.6. The SMILES string of the molecule is [CH2]CCCCCCCCCC[S+](C)[O-]. The summed E-state index contributed by atoms with van der Waals surface area (Å²) in [6, 6.07) is 0. The summed E-state index contributed by atoms with van der Waals surface area (Å²) in [5.41, 5.74) is 0. The van der Waals surface area contributed by atoms with E-state index in [0.29, 0.717) is 0 Å². The smallest absolute Gasteiger partial charge is 0.105 e. The Bertz CT molecular complexity index is 104. The topological polar surface area (TPSA) is 23.1 Å². The lowest BCUT2D eigenvalue weighted by molar-refractivity contribution is 0.570. The second kappa shape index (κ2) is 11.4. The molecule has 0 amide bonds. The fourth-order valence-electron chi connectivity index (χ4n) is 1.54. The van der Waals surface area contributed by atoms with Gasteiger partial charge in [0.25, 0.3) is 0 Å². The minimum atomic E-state index is -0.584. The van der Waals surface area contributed by atoms with E-state index in [1.54, 1.807) is 6.26 Å². The van der Waals surface area contributed by atoms with E-state index in [0.717, 1.165) is 18.6 Å². The fraction of sp³-hybridized carbons (Fsp3) is 0.917. The fourth-order valence-corrected chi connectivity index (χ4v) is 2.15. The summed E-state index contributed by atoms with van der Waals surface area (Å²) in [6.45, 7) is 3.83. The molecule has 0 heterocycles. The first kappa shape index (κ1) is 14.3. The van der Waals surface area contributed by atoms with E-state index < -0.39 is 11.2 Å². The maximum atomic E-state index is 10.8. The van der Waals surface area contributed by atoms with E-state index in [-0.39, 0.29) is 0 Å². The Hall–Kier alpha value is 0.310. The van der Waals surface area contributed by atoms with E-state index in [4.69, 9.17) is 0 Å². The van der Waals surface area contributed by atoms with Crippen LogP contribution in [-0.2, 0) is 11.2 Å². The Kier molecular flexibility index (Phi) is 11.6. The summed E-state index contributed by atoms with van der Waals surface area (Å²) in [5.74, 6) is 0.890. The molecule has 85 valence electrons. The molecule has 0 aromatic rings. The van der Waals surface area contributed by atoms with Crippen molar-refractivity contribution in [2.75, 3.05) is 12.0 Å². The molecule has 0 aromatic carbocycles. The van der Waals surface area contributed by atoms with Crippen molar-refractivity contribution >= 4 is 11.2 Å². The maximum Gasteiger partial charge on any atom is 0.105 e. The number of rotatable bonds is 10. The van der Waals surface area contributed by atoms with Crippen LogP contribution in [0.1, 0.15) is 57.8 Å². The lowest BCUT2D eigenvalue weighted by Crippen LogP contribution is -2.02. The zero-order valence-corrected chi connectivity index (χ0v) is 10.4. The van der Waals surface area contributed by atoms with Gasteiger partial charge in [0.05, 0.1) is 6.26 Å². The van der Waals surface area contributed by atoms with Gasteiger partial charge in [-0.2, -0.15) is 0 Å². The first-order chi connectivity index (χ1) is 6.77. The van der Waals surface area contributed by atoms with Gasteiger partial charge in [-0.3, -0.25) is 0 Å². The van der Waals surface area contributed by atoms with E-state index in [1.807, 2.05) is 0 Å². The highest BCUT2D eigenvalue weighted by Crippen LogP contribution is 2.09. The van der Waals surface area contributed by atoms with Crippen LogP contribution in [0.3, 0.4) is 0 Å². The Labute approximate surface area is 92.8 Å². The van der Waals surface area contributed by atoms with Crippen molar-refractivity contribution in [3.63, 3.8) is 0 Å². The Morgan fingerprint density at radius 2 is 1.29 bits per heavy atom. The van der Waals surface area contributed by atoms with Crippen molar-refractivity contribution < 1.29 is 4.55 Å². The molecular formula is C12H25OS. The summed E-state index contributed by atoms with van der Waals surface area (Å²) in [4.78, 5) is 0. The van der Waals surface area contributed by atoms with Crippen LogP contribution in [0, 0.1) is 6.92 Å². The molecule has 0 bridgehead atoms. The normalized spacial score (nSPS) is 13.1. The van der Waals surface area contributed by atoms with Gasteiger partial charge in [-0.1, -0.05) is 63.0 Å². The molecule has 0 saturated carbocycles. The average molecular weight is 217 g/mol. The molecule has 0 rings (SSSR count). The minimum Gasteiger partial charge on any atom is -0.617 e. The Balaban J connectivity index is 2.85. The molecule has 0 aliphatic rings. The van der Waals surface area contributed by atoms with Crippen LogP contribution in [0.4, 0.5) is 0 Å². The summed E-state index contributed by atoms with van der Waals surface area (Å²) < 4.78 is 10.8. The third-order valence-electron chi connectivity index (χ3n) is 2.43. The van der Waals surface area contributed by atoms with Gasteiger partial charge in [0.15, 0.2) is 0 Å². The Morgan fingerprint density at radius 3 is 1.71 bits per heavy atom. The lowest BCUT2D eigenvalue weighted by atomic mass is 10.1. The first-order valence-electron chi connectivity index (χ1n) is 5.86. The highest BCUT2D eigenvalue weighted by atomic mass is 32.2. The molecule has 0 aliphatic heterocycles. The van der Waals surface area contributed by atoms with Gasteiger partial charge >= 0.3 is 0 Å². The highest BCUT2D eigenvalue weighted by molar-refractivity contribution is 7.90. The van der Waals surface area contributed by atoms with Crippen LogP contribution in [0.2, 0.25) is 0 Å². The summed E-state index contributed by atoms with van der Waals surface area (Å²) in [7, 11) is 0. The van der Waals surface area contributed by atoms with Crippen LogP contribution >= 0.6 is 0 Å². The van der Waals surface area contributed by atoms with E-state index >= 15 is 0 Å². The van der Waals surface area contributed by atoms with Crippen molar-refractivity contribution in [3.8, 4) is 0 Å². The largest absolute Gasteiger partial charge is 0.617 e. The molecule has 1 radical (unpaired) electrons. The molecule has 0 fully saturated rings. The van der Waals surface area contributed by atoms with Gasteiger partial charge in [0, 0.05) is 0 Å². The van der Waals surface area contributed by atoms with Gasteiger partial charge in [-0.15, -0.1) is 0 Å². The lowest BCUT2D eigenvalue weighted by Gasteiger charge is -2.04. The second-order valence-electron chi connectivity index (χ2n) is 3.96. The van der Waals surface area contributed by atoms with Gasteiger partial charge in [-0.25, -0.2) is 0 Å². The molecule has 14 heavy (non-hydrogen) atoms. The Morgan fingerprint density at radius 1 is 0.857 bits per heavy atom.